The lowest BCUT2D eigenvalue weighted by molar-refractivity contribution is -0.764. The number of benzene rings is 3. The number of amides is 1. The van der Waals surface area contributed by atoms with E-state index < -0.39 is 6.17 Å². The summed E-state index contributed by atoms with van der Waals surface area (Å²) in [5.41, 5.74) is 2.97. The van der Waals surface area contributed by atoms with E-state index in [2.05, 4.69) is 26.0 Å². The normalized spacial score (nSPS) is 14.6. The topological polar surface area (TPSA) is 73.0 Å². The Morgan fingerprint density at radius 2 is 1.72 bits per heavy atom. The van der Waals surface area contributed by atoms with Crippen LogP contribution in [-0.4, -0.2) is 22.2 Å². The molecule has 0 bridgehead atoms. The lowest BCUT2D eigenvalue weighted by atomic mass is 10.00. The Morgan fingerprint density at radius 3 is 2.47 bits per heavy atom. The second kappa shape index (κ2) is 8.37. The zero-order chi connectivity index (χ0) is 22.2. The molecule has 5 rings (SSSR count). The van der Waals surface area contributed by atoms with Crippen LogP contribution in [0.2, 0.25) is 0 Å². The quantitative estimate of drug-likeness (QED) is 0.308. The number of rotatable bonds is 3. The van der Waals surface area contributed by atoms with Gasteiger partial charge < -0.3 is 5.11 Å². The van der Waals surface area contributed by atoms with Crippen molar-refractivity contribution >= 4 is 39.3 Å². The summed E-state index contributed by atoms with van der Waals surface area (Å²) in [7, 11) is 0. The molecule has 1 atom stereocenters. The molecule has 0 saturated carbocycles. The Hall–Kier alpha value is -3.23. The van der Waals surface area contributed by atoms with Gasteiger partial charge in [0.2, 0.25) is 0 Å². The van der Waals surface area contributed by atoms with E-state index in [1.165, 1.54) is 11.8 Å². The van der Waals surface area contributed by atoms with Crippen molar-refractivity contribution in [1.82, 2.24) is 10.1 Å². The fourth-order valence-corrected chi connectivity index (χ4v) is 4.76. The van der Waals surface area contributed by atoms with Crippen LogP contribution in [0.4, 0.5) is 5.69 Å². The van der Waals surface area contributed by atoms with Gasteiger partial charge in [0.15, 0.2) is 0 Å². The van der Waals surface area contributed by atoms with Crippen LogP contribution in [0.1, 0.15) is 22.1 Å². The fourth-order valence-electron chi connectivity index (χ4n) is 3.93. The van der Waals surface area contributed by atoms with Crippen molar-refractivity contribution in [2.24, 2.45) is 0 Å². The Kier molecular flexibility index (Phi) is 5.40. The summed E-state index contributed by atoms with van der Waals surface area (Å²) < 4.78 is 2.44. The Labute approximate surface area is 197 Å². The van der Waals surface area contributed by atoms with Crippen LogP contribution in [0.3, 0.4) is 0 Å². The van der Waals surface area contributed by atoms with Crippen LogP contribution in [0, 0.1) is 0 Å². The molecule has 32 heavy (non-hydrogen) atoms. The maximum absolute atomic E-state index is 13.9. The molecule has 3 aromatic carbocycles. The first kappa shape index (κ1) is 20.7. The molecule has 1 unspecified atom stereocenters. The van der Waals surface area contributed by atoms with Crippen LogP contribution < -0.4 is 14.7 Å². The minimum atomic E-state index is -0.676. The molecule has 158 valence electrons. The monoisotopic (exact) mass is 504 g/mol. The second-order valence-corrected chi connectivity index (χ2v) is 8.78. The average molecular weight is 505 g/mol. The highest BCUT2D eigenvalue weighted by Gasteiger charge is 2.45. The minimum Gasteiger partial charge on any atom is -0.854 e. The molecule has 0 radical (unpaired) electrons. The molecule has 8 heteroatoms. The molecule has 6 nitrogen and oxygen atoms in total. The number of nitrogens with zero attached hydrogens (tertiary/aromatic N) is 4. The molecule has 0 aliphatic carbocycles. The van der Waals surface area contributed by atoms with Gasteiger partial charge in [-0.1, -0.05) is 74.8 Å². The lowest BCUT2D eigenvalue weighted by Crippen LogP contribution is -2.59. The predicted molar refractivity (Wildman–Crippen MR) is 124 cm³/mol. The van der Waals surface area contributed by atoms with Crippen LogP contribution in [0.25, 0.3) is 11.3 Å². The number of hydrogen-bond acceptors (Lipinski definition) is 5. The molecule has 0 fully saturated rings. The van der Waals surface area contributed by atoms with E-state index in [1.54, 1.807) is 21.7 Å². The van der Waals surface area contributed by atoms with Crippen LogP contribution in [0.15, 0.2) is 88.5 Å². The first-order chi connectivity index (χ1) is 15.6. The number of para-hydroxylation sites is 1. The Morgan fingerprint density at radius 1 is 1.03 bits per heavy atom. The van der Waals surface area contributed by atoms with E-state index in [9.17, 15) is 9.90 Å². The molecule has 1 aliphatic rings. The number of fused-ring (bicyclic) bond motifs is 3. The fraction of sp³-hybridized carbons (Fsp3) is 0.0833. The van der Waals surface area contributed by atoms with E-state index in [4.69, 9.17) is 0 Å². The third-order valence-corrected chi connectivity index (χ3v) is 6.58. The Balaban J connectivity index is 1.85. The van der Waals surface area contributed by atoms with Gasteiger partial charge in [-0.2, -0.15) is 0 Å². The molecular formula is C24H17BrN4O2S. The van der Waals surface area contributed by atoms with Gasteiger partial charge in [-0.25, -0.2) is 9.88 Å². The van der Waals surface area contributed by atoms with E-state index in [0.29, 0.717) is 27.7 Å². The van der Waals surface area contributed by atoms with Gasteiger partial charge in [0.25, 0.3) is 22.9 Å². The number of thioether (sulfide) groups is 1. The average Bonchev–Trinajstić information content (AvgIpc) is 2.83. The Bertz CT molecular complexity index is 1330. The van der Waals surface area contributed by atoms with Crippen molar-refractivity contribution in [3.63, 3.8) is 0 Å². The molecule has 0 N–H and O–H groups in total. The zero-order valence-corrected chi connectivity index (χ0v) is 19.4. The van der Waals surface area contributed by atoms with Crippen molar-refractivity contribution in [3.05, 3.63) is 94.5 Å². The second-order valence-electron chi connectivity index (χ2n) is 7.15. The van der Waals surface area contributed by atoms with E-state index in [-0.39, 0.29) is 11.8 Å². The van der Waals surface area contributed by atoms with Gasteiger partial charge in [-0.3, -0.25) is 4.79 Å². The minimum absolute atomic E-state index is 0.186. The highest BCUT2D eigenvalue weighted by Crippen LogP contribution is 2.42. The molecule has 2 heterocycles. The van der Waals surface area contributed by atoms with Crippen LogP contribution in [-0.2, 0) is 0 Å². The number of carbonyl (C=O) groups is 1. The number of hydrogen-bond donors (Lipinski definition) is 0. The standard InChI is InChI=1S/C24H17BrN4O2S/c1-32-24-26-21(30)20-17-12-6-8-14-19(17)28(23(31)15-9-3-2-4-10-15)22(29(20)27-24)16-11-5-7-13-18(16)25/h2-14,22H,1H3. The van der Waals surface area contributed by atoms with Crippen LogP contribution in [0.5, 0.6) is 5.88 Å². The maximum atomic E-state index is 13.9. The number of aromatic nitrogens is 3. The van der Waals surface area contributed by atoms with Crippen molar-refractivity contribution in [2.45, 2.75) is 11.3 Å². The van der Waals surface area contributed by atoms with Crippen molar-refractivity contribution < 1.29 is 14.6 Å². The predicted octanol–water partition coefficient (Wildman–Crippen LogP) is 4.20. The van der Waals surface area contributed by atoms with E-state index in [0.717, 1.165) is 10.0 Å². The summed E-state index contributed by atoms with van der Waals surface area (Å²) >= 11 is 4.92. The van der Waals surface area contributed by atoms with Gasteiger partial charge in [-0.15, -0.1) is 0 Å². The van der Waals surface area contributed by atoms with Crippen LogP contribution >= 0.6 is 27.7 Å². The van der Waals surface area contributed by atoms with Crippen molar-refractivity contribution in [3.8, 4) is 17.1 Å². The van der Waals surface area contributed by atoms with Gasteiger partial charge in [0, 0.05) is 15.1 Å². The first-order valence-electron chi connectivity index (χ1n) is 9.87. The molecule has 0 spiro atoms. The van der Waals surface area contributed by atoms with Gasteiger partial charge in [0.1, 0.15) is 0 Å². The van der Waals surface area contributed by atoms with Gasteiger partial charge in [-0.05, 0) is 42.7 Å². The zero-order valence-electron chi connectivity index (χ0n) is 17.0. The third kappa shape index (κ3) is 3.36. The summed E-state index contributed by atoms with van der Waals surface area (Å²) in [5, 5.41) is 18.1. The molecule has 1 aromatic heterocycles. The number of anilines is 1. The summed E-state index contributed by atoms with van der Waals surface area (Å²) in [5.74, 6) is -0.561. The molecule has 4 aromatic rings. The van der Waals surface area contributed by atoms with E-state index in [1.807, 2.05) is 73.0 Å². The van der Waals surface area contributed by atoms with Gasteiger partial charge in [0.05, 0.1) is 22.7 Å². The SMILES string of the molecule is CSc1nc([O-])c2[n+](n1)C(c1ccccc1Br)N(C(=O)c1ccccc1)c1ccccc1-2. The summed E-state index contributed by atoms with van der Waals surface area (Å²) in [6.45, 7) is 0. The maximum Gasteiger partial charge on any atom is 0.294 e. The summed E-state index contributed by atoms with van der Waals surface area (Å²) in [6, 6.07) is 24.1. The smallest absolute Gasteiger partial charge is 0.294 e. The number of halogens is 1. The first-order valence-corrected chi connectivity index (χ1v) is 11.9. The highest BCUT2D eigenvalue weighted by molar-refractivity contribution is 9.10. The summed E-state index contributed by atoms with van der Waals surface area (Å²) in [4.78, 5) is 19.7. The lowest BCUT2D eigenvalue weighted by Gasteiger charge is -2.33. The molecular weight excluding hydrogens is 488 g/mol. The van der Waals surface area contributed by atoms with Crippen molar-refractivity contribution in [2.75, 3.05) is 11.2 Å². The van der Waals surface area contributed by atoms with E-state index >= 15 is 0 Å². The molecule has 0 saturated heterocycles. The largest absolute Gasteiger partial charge is 0.854 e. The highest BCUT2D eigenvalue weighted by atomic mass is 79.9. The van der Waals surface area contributed by atoms with Crippen molar-refractivity contribution in [1.29, 1.82) is 0 Å². The molecule has 1 amide bonds. The summed E-state index contributed by atoms with van der Waals surface area (Å²) in [6.07, 6.45) is 1.14. The third-order valence-electron chi connectivity index (χ3n) is 5.32. The number of carbonyl (C=O) groups excluding carboxylic acids is 1. The van der Waals surface area contributed by atoms with Gasteiger partial charge >= 0.3 is 0 Å². The molecule has 1 aliphatic heterocycles.